The Balaban J connectivity index is 1.53. The zero-order valence-electron chi connectivity index (χ0n) is 18.2. The van der Waals surface area contributed by atoms with E-state index in [1.165, 1.54) is 5.56 Å². The number of guanidine groups is 1. The van der Waals surface area contributed by atoms with Crippen LogP contribution in [0.25, 0.3) is 0 Å². The second-order valence-corrected chi connectivity index (χ2v) is 8.13. The predicted molar refractivity (Wildman–Crippen MR) is 122 cm³/mol. The van der Waals surface area contributed by atoms with Crippen LogP contribution in [0.15, 0.2) is 72.0 Å². The van der Waals surface area contributed by atoms with E-state index < -0.39 is 0 Å². The average Bonchev–Trinajstić information content (AvgIpc) is 3.16. The number of hydrogen-bond donors (Lipinski definition) is 2. The van der Waals surface area contributed by atoms with Crippen molar-refractivity contribution in [2.45, 2.75) is 46.0 Å². The summed E-state index contributed by atoms with van der Waals surface area (Å²) < 4.78 is 8.02. The minimum absolute atomic E-state index is 0.240. The van der Waals surface area contributed by atoms with Gasteiger partial charge in [-0.2, -0.15) is 5.10 Å². The Bertz CT molecular complexity index is 957. The highest BCUT2D eigenvalue weighted by atomic mass is 16.5. The normalized spacial score (nSPS) is 11.9. The maximum absolute atomic E-state index is 6.07. The van der Waals surface area contributed by atoms with Crippen LogP contribution in [0.5, 0.6) is 5.75 Å². The van der Waals surface area contributed by atoms with Gasteiger partial charge in [0.15, 0.2) is 5.96 Å². The fourth-order valence-corrected chi connectivity index (χ4v) is 3.02. The molecule has 0 aliphatic heterocycles. The van der Waals surface area contributed by atoms with Gasteiger partial charge >= 0.3 is 0 Å². The molecule has 158 valence electrons. The zero-order chi connectivity index (χ0) is 21.4. The summed E-state index contributed by atoms with van der Waals surface area (Å²) in [5.41, 5.74) is 3.18. The molecule has 6 nitrogen and oxygen atoms in total. The van der Waals surface area contributed by atoms with Crippen molar-refractivity contribution in [3.05, 3.63) is 83.7 Å². The SMILES string of the molecule is CN=C(NCc1cnn(Cc2ccccc2)c1)NCc1ccccc1OC(C)(C)C. The van der Waals surface area contributed by atoms with E-state index in [1.54, 1.807) is 7.05 Å². The lowest BCUT2D eigenvalue weighted by atomic mass is 10.1. The molecule has 0 saturated heterocycles. The van der Waals surface area contributed by atoms with Crippen molar-refractivity contribution in [3.63, 3.8) is 0 Å². The molecule has 0 radical (unpaired) electrons. The first-order valence-electron chi connectivity index (χ1n) is 10.2. The van der Waals surface area contributed by atoms with Crippen LogP contribution in [-0.4, -0.2) is 28.4 Å². The largest absolute Gasteiger partial charge is 0.488 e. The molecule has 0 amide bonds. The average molecular weight is 406 g/mol. The van der Waals surface area contributed by atoms with Crippen LogP contribution in [0.4, 0.5) is 0 Å². The summed E-state index contributed by atoms with van der Waals surface area (Å²) in [4.78, 5) is 4.32. The summed E-state index contributed by atoms with van der Waals surface area (Å²) in [5.74, 6) is 1.62. The lowest BCUT2D eigenvalue weighted by Crippen LogP contribution is -2.36. The van der Waals surface area contributed by atoms with E-state index in [-0.39, 0.29) is 5.60 Å². The van der Waals surface area contributed by atoms with Crippen LogP contribution < -0.4 is 15.4 Å². The molecule has 0 unspecified atom stereocenters. The Hall–Kier alpha value is -3.28. The van der Waals surface area contributed by atoms with E-state index in [0.717, 1.165) is 29.4 Å². The third-order valence-corrected chi connectivity index (χ3v) is 4.39. The highest BCUT2D eigenvalue weighted by Crippen LogP contribution is 2.22. The number of ether oxygens (including phenoxy) is 1. The molecule has 6 heteroatoms. The van der Waals surface area contributed by atoms with Gasteiger partial charge in [-0.3, -0.25) is 9.67 Å². The zero-order valence-corrected chi connectivity index (χ0v) is 18.2. The summed E-state index contributed by atoms with van der Waals surface area (Å²) in [6, 6.07) is 18.4. The van der Waals surface area contributed by atoms with E-state index in [0.29, 0.717) is 13.1 Å². The third kappa shape index (κ3) is 6.65. The van der Waals surface area contributed by atoms with Crippen LogP contribution in [0.1, 0.15) is 37.5 Å². The molecule has 0 atom stereocenters. The van der Waals surface area contributed by atoms with Crippen LogP contribution >= 0.6 is 0 Å². The molecule has 0 aliphatic rings. The summed E-state index contributed by atoms with van der Waals surface area (Å²) >= 11 is 0. The Morgan fingerprint density at radius 1 is 0.967 bits per heavy atom. The van der Waals surface area contributed by atoms with E-state index in [2.05, 4.69) is 65.9 Å². The van der Waals surface area contributed by atoms with Crippen molar-refractivity contribution in [3.8, 4) is 5.75 Å². The summed E-state index contributed by atoms with van der Waals surface area (Å²) in [6.07, 6.45) is 3.94. The lowest BCUT2D eigenvalue weighted by Gasteiger charge is -2.23. The lowest BCUT2D eigenvalue weighted by molar-refractivity contribution is 0.129. The van der Waals surface area contributed by atoms with Crippen molar-refractivity contribution >= 4 is 5.96 Å². The van der Waals surface area contributed by atoms with Crippen LogP contribution in [0.3, 0.4) is 0 Å². The minimum Gasteiger partial charge on any atom is -0.488 e. The summed E-state index contributed by atoms with van der Waals surface area (Å²) in [7, 11) is 1.77. The van der Waals surface area contributed by atoms with Gasteiger partial charge in [-0.05, 0) is 32.4 Å². The van der Waals surface area contributed by atoms with E-state index in [1.807, 2.05) is 47.3 Å². The standard InChI is InChI=1S/C24H31N5O/c1-24(2,3)30-22-13-9-8-12-21(22)16-27-23(25-4)26-14-20-15-28-29(18-20)17-19-10-6-5-7-11-19/h5-13,15,18H,14,16-17H2,1-4H3,(H2,25,26,27). The Morgan fingerprint density at radius 2 is 1.67 bits per heavy atom. The molecule has 0 bridgehead atoms. The van der Waals surface area contributed by atoms with Gasteiger partial charge in [0.25, 0.3) is 0 Å². The molecule has 30 heavy (non-hydrogen) atoms. The van der Waals surface area contributed by atoms with Gasteiger partial charge < -0.3 is 15.4 Å². The molecule has 2 aromatic carbocycles. The molecule has 0 fully saturated rings. The Labute approximate surface area is 179 Å². The molecule has 2 N–H and O–H groups in total. The van der Waals surface area contributed by atoms with Crippen LogP contribution in [0.2, 0.25) is 0 Å². The summed E-state index contributed by atoms with van der Waals surface area (Å²) in [5, 5.41) is 11.2. The van der Waals surface area contributed by atoms with Gasteiger partial charge in [0, 0.05) is 37.5 Å². The van der Waals surface area contributed by atoms with Gasteiger partial charge in [-0.1, -0.05) is 48.5 Å². The van der Waals surface area contributed by atoms with Gasteiger partial charge in [0.05, 0.1) is 12.7 Å². The minimum atomic E-state index is -0.240. The molecule has 1 heterocycles. The summed E-state index contributed by atoms with van der Waals surface area (Å²) in [6.45, 7) is 8.19. The number of aliphatic imine (C=N–C) groups is 1. The predicted octanol–water partition coefficient (Wildman–Crippen LogP) is 3.97. The topological polar surface area (TPSA) is 63.5 Å². The molecule has 0 saturated carbocycles. The second-order valence-electron chi connectivity index (χ2n) is 8.13. The molecule has 0 aliphatic carbocycles. The van der Waals surface area contributed by atoms with Crippen LogP contribution in [-0.2, 0) is 19.6 Å². The molecule has 3 aromatic rings. The first kappa shape index (κ1) is 21.4. The Kier molecular flexibility index (Phi) is 7.12. The molecular weight excluding hydrogens is 374 g/mol. The third-order valence-electron chi connectivity index (χ3n) is 4.39. The van der Waals surface area contributed by atoms with Gasteiger partial charge in [0.1, 0.15) is 11.4 Å². The molecular formula is C24H31N5O. The van der Waals surface area contributed by atoms with Crippen LogP contribution in [0, 0.1) is 0 Å². The van der Waals surface area contributed by atoms with Crippen molar-refractivity contribution in [1.82, 2.24) is 20.4 Å². The number of nitrogens with one attached hydrogen (secondary N) is 2. The van der Waals surface area contributed by atoms with Gasteiger partial charge in [-0.25, -0.2) is 0 Å². The van der Waals surface area contributed by atoms with E-state index >= 15 is 0 Å². The molecule has 0 spiro atoms. The van der Waals surface area contributed by atoms with E-state index in [4.69, 9.17) is 4.74 Å². The van der Waals surface area contributed by atoms with Crippen molar-refractivity contribution in [2.24, 2.45) is 4.99 Å². The van der Waals surface area contributed by atoms with Crippen molar-refractivity contribution < 1.29 is 4.74 Å². The van der Waals surface area contributed by atoms with E-state index in [9.17, 15) is 0 Å². The highest BCUT2D eigenvalue weighted by Gasteiger charge is 2.14. The first-order chi connectivity index (χ1) is 14.4. The number of aromatic nitrogens is 2. The Morgan fingerprint density at radius 3 is 2.40 bits per heavy atom. The monoisotopic (exact) mass is 405 g/mol. The maximum Gasteiger partial charge on any atom is 0.191 e. The van der Waals surface area contributed by atoms with Crippen molar-refractivity contribution in [1.29, 1.82) is 0 Å². The highest BCUT2D eigenvalue weighted by molar-refractivity contribution is 5.79. The first-order valence-corrected chi connectivity index (χ1v) is 10.2. The number of para-hydroxylation sites is 1. The van der Waals surface area contributed by atoms with Gasteiger partial charge in [0.2, 0.25) is 0 Å². The number of benzene rings is 2. The number of nitrogens with zero attached hydrogens (tertiary/aromatic N) is 3. The molecule has 1 aromatic heterocycles. The maximum atomic E-state index is 6.07. The number of rotatable bonds is 7. The van der Waals surface area contributed by atoms with Crippen molar-refractivity contribution in [2.75, 3.05) is 7.05 Å². The second kappa shape index (κ2) is 9.96. The van der Waals surface area contributed by atoms with Gasteiger partial charge in [-0.15, -0.1) is 0 Å². The molecule has 3 rings (SSSR count). The smallest absolute Gasteiger partial charge is 0.191 e. The number of hydrogen-bond acceptors (Lipinski definition) is 3. The quantitative estimate of drug-likeness (QED) is 0.461. The fourth-order valence-electron chi connectivity index (χ4n) is 3.02. The fraction of sp³-hybridized carbons (Fsp3) is 0.333.